The van der Waals surface area contributed by atoms with E-state index in [-0.39, 0.29) is 0 Å². The Morgan fingerprint density at radius 2 is 1.69 bits per heavy atom. The van der Waals surface area contributed by atoms with Crippen molar-refractivity contribution in [2.24, 2.45) is 5.16 Å². The second kappa shape index (κ2) is 7.52. The van der Waals surface area contributed by atoms with Crippen LogP contribution in [-0.4, -0.2) is 26.8 Å². The number of nitrogens with one attached hydrogen (secondary N) is 1. The van der Waals surface area contributed by atoms with Crippen molar-refractivity contribution in [2.45, 2.75) is 0 Å². The van der Waals surface area contributed by atoms with Crippen LogP contribution in [0.2, 0.25) is 0 Å². The molecule has 7 heteroatoms. The Balaban J connectivity index is 2.07. The molecule has 6 nitrogen and oxygen atoms in total. The molecule has 0 unspecified atom stereocenters. The zero-order valence-electron chi connectivity index (χ0n) is 16.0. The molecule has 1 aromatic heterocycles. The molecule has 0 aliphatic carbocycles. The summed E-state index contributed by atoms with van der Waals surface area (Å²) in [6.07, 6.45) is 2.95. The Kier molecular flexibility index (Phi) is 4.90. The Hall–Kier alpha value is -3.45. The van der Waals surface area contributed by atoms with Crippen molar-refractivity contribution in [3.63, 3.8) is 0 Å². The Labute approximate surface area is 168 Å². The number of anilines is 1. The number of hydrogen-bond donors (Lipinski definition) is 1. The SMILES string of the molecule is CO/N=c1/c2cc(NS(C)(=O)=O)ccc2ccc2ncc(-c3ccccc3)cc12. The predicted molar refractivity (Wildman–Crippen MR) is 116 cm³/mol. The first-order valence-electron chi connectivity index (χ1n) is 8.92. The van der Waals surface area contributed by atoms with Gasteiger partial charge in [-0.1, -0.05) is 47.6 Å². The number of hydrogen-bond acceptors (Lipinski definition) is 5. The molecule has 1 N–H and O–H groups in total. The third-order valence-corrected chi connectivity index (χ3v) is 5.10. The van der Waals surface area contributed by atoms with Crippen molar-refractivity contribution in [3.05, 3.63) is 78.3 Å². The molecule has 0 fully saturated rings. The summed E-state index contributed by atoms with van der Waals surface area (Å²) in [6.45, 7) is 0. The van der Waals surface area contributed by atoms with Gasteiger partial charge in [0.25, 0.3) is 0 Å². The van der Waals surface area contributed by atoms with E-state index in [9.17, 15) is 8.42 Å². The van der Waals surface area contributed by atoms with Gasteiger partial charge < -0.3 is 4.84 Å². The molecule has 0 aliphatic heterocycles. The predicted octanol–water partition coefficient (Wildman–Crippen LogP) is 3.89. The van der Waals surface area contributed by atoms with E-state index in [1.165, 1.54) is 7.11 Å². The molecule has 3 aromatic carbocycles. The molecule has 0 spiro atoms. The van der Waals surface area contributed by atoms with E-state index in [1.54, 1.807) is 12.1 Å². The standard InChI is InChI=1S/C22H19N3O3S/c1-28-24-22-19-13-18(25-29(2,26)27)10-8-16(19)9-11-21-20(22)12-17(14-23-21)15-6-4-3-5-7-15/h3-14,25H,1-2H3/b24-22-. The van der Waals surface area contributed by atoms with Crippen LogP contribution in [0.3, 0.4) is 0 Å². The van der Waals surface area contributed by atoms with E-state index in [1.807, 2.05) is 60.8 Å². The van der Waals surface area contributed by atoms with Crippen molar-refractivity contribution in [2.75, 3.05) is 18.1 Å². The normalized spacial score (nSPS) is 12.3. The van der Waals surface area contributed by atoms with E-state index >= 15 is 0 Å². The third-order valence-electron chi connectivity index (χ3n) is 4.50. The highest BCUT2D eigenvalue weighted by molar-refractivity contribution is 7.92. The zero-order valence-corrected chi connectivity index (χ0v) is 16.8. The van der Waals surface area contributed by atoms with Crippen LogP contribution < -0.4 is 10.1 Å². The van der Waals surface area contributed by atoms with Gasteiger partial charge in [-0.3, -0.25) is 9.71 Å². The molecule has 4 aromatic rings. The second-order valence-corrected chi connectivity index (χ2v) is 8.40. The lowest BCUT2D eigenvalue weighted by atomic mass is 10.1. The van der Waals surface area contributed by atoms with Gasteiger partial charge in [-0.05, 0) is 35.2 Å². The van der Waals surface area contributed by atoms with Gasteiger partial charge in [-0.2, -0.15) is 0 Å². The Morgan fingerprint density at radius 1 is 0.931 bits per heavy atom. The summed E-state index contributed by atoms with van der Waals surface area (Å²) < 4.78 is 25.8. The fourth-order valence-electron chi connectivity index (χ4n) is 3.27. The van der Waals surface area contributed by atoms with Gasteiger partial charge in [0.15, 0.2) is 0 Å². The third kappa shape index (κ3) is 4.05. The first kappa shape index (κ1) is 18.9. The first-order chi connectivity index (χ1) is 13.9. The van der Waals surface area contributed by atoms with E-state index in [0.29, 0.717) is 11.0 Å². The van der Waals surface area contributed by atoms with Crippen LogP contribution >= 0.6 is 0 Å². The smallest absolute Gasteiger partial charge is 0.229 e. The van der Waals surface area contributed by atoms with E-state index in [0.717, 1.165) is 39.1 Å². The molecule has 0 aliphatic rings. The highest BCUT2D eigenvalue weighted by Gasteiger charge is 2.08. The van der Waals surface area contributed by atoms with Crippen molar-refractivity contribution >= 4 is 37.4 Å². The molecule has 0 saturated carbocycles. The minimum atomic E-state index is -3.40. The molecule has 0 atom stereocenters. The summed E-state index contributed by atoms with van der Waals surface area (Å²) in [5.74, 6) is 0. The molecule has 0 amide bonds. The van der Waals surface area contributed by atoms with Crippen molar-refractivity contribution < 1.29 is 13.3 Å². The molecule has 146 valence electrons. The number of nitrogens with zero attached hydrogens (tertiary/aromatic N) is 2. The fourth-order valence-corrected chi connectivity index (χ4v) is 3.83. The van der Waals surface area contributed by atoms with Gasteiger partial charge in [-0.25, -0.2) is 8.42 Å². The highest BCUT2D eigenvalue weighted by atomic mass is 32.2. The van der Waals surface area contributed by atoms with Gasteiger partial charge in [0.05, 0.1) is 11.8 Å². The molecule has 29 heavy (non-hydrogen) atoms. The van der Waals surface area contributed by atoms with E-state index in [2.05, 4.69) is 14.9 Å². The minimum Gasteiger partial charge on any atom is -0.399 e. The van der Waals surface area contributed by atoms with Gasteiger partial charge in [0.2, 0.25) is 10.0 Å². The number of rotatable bonds is 4. The monoisotopic (exact) mass is 405 g/mol. The summed E-state index contributed by atoms with van der Waals surface area (Å²) in [4.78, 5) is 9.75. The number of pyridine rings is 1. The molecule has 1 heterocycles. The largest absolute Gasteiger partial charge is 0.399 e. The van der Waals surface area contributed by atoms with Crippen molar-refractivity contribution in [1.82, 2.24) is 4.98 Å². The van der Waals surface area contributed by atoms with Crippen LogP contribution in [0.5, 0.6) is 0 Å². The topological polar surface area (TPSA) is 80.6 Å². The van der Waals surface area contributed by atoms with Crippen LogP contribution in [0.1, 0.15) is 0 Å². The van der Waals surface area contributed by atoms with Gasteiger partial charge in [0, 0.05) is 28.2 Å². The van der Waals surface area contributed by atoms with Crippen LogP contribution in [0.4, 0.5) is 5.69 Å². The summed E-state index contributed by atoms with van der Waals surface area (Å²) in [6, 6.07) is 21.1. The lowest BCUT2D eigenvalue weighted by Crippen LogP contribution is -2.10. The second-order valence-electron chi connectivity index (χ2n) is 6.65. The number of benzene rings is 2. The zero-order chi connectivity index (χ0) is 20.4. The number of aromatic nitrogens is 1. The van der Waals surface area contributed by atoms with Crippen molar-refractivity contribution in [1.29, 1.82) is 0 Å². The summed E-state index contributed by atoms with van der Waals surface area (Å²) in [5.41, 5.74) is 3.21. The molecular weight excluding hydrogens is 386 g/mol. The Bertz CT molecular complexity index is 1390. The van der Waals surface area contributed by atoms with Crippen LogP contribution in [0.25, 0.3) is 32.8 Å². The number of fused-ring (bicyclic) bond motifs is 2. The summed E-state index contributed by atoms with van der Waals surface area (Å²) in [5, 5.41) is 7.29. The van der Waals surface area contributed by atoms with Crippen LogP contribution in [-0.2, 0) is 14.9 Å². The van der Waals surface area contributed by atoms with Gasteiger partial charge >= 0.3 is 0 Å². The maximum Gasteiger partial charge on any atom is 0.229 e. The van der Waals surface area contributed by atoms with Crippen LogP contribution in [0.15, 0.2) is 78.1 Å². The highest BCUT2D eigenvalue weighted by Crippen LogP contribution is 2.23. The number of sulfonamides is 1. The summed E-state index contributed by atoms with van der Waals surface area (Å²) >= 11 is 0. The maximum atomic E-state index is 11.7. The molecule has 0 bridgehead atoms. The lowest BCUT2D eigenvalue weighted by molar-refractivity contribution is 0.202. The van der Waals surface area contributed by atoms with E-state index in [4.69, 9.17) is 4.84 Å². The van der Waals surface area contributed by atoms with Crippen LogP contribution in [0, 0.1) is 0 Å². The molecular formula is C22H19N3O3S. The quantitative estimate of drug-likeness (QED) is 0.523. The van der Waals surface area contributed by atoms with Gasteiger partial charge in [-0.15, -0.1) is 0 Å². The molecule has 4 rings (SSSR count). The fraction of sp³-hybridized carbons (Fsp3) is 0.0909. The average molecular weight is 405 g/mol. The summed E-state index contributed by atoms with van der Waals surface area (Å²) in [7, 11) is -1.91. The molecule has 0 saturated heterocycles. The average Bonchev–Trinajstić information content (AvgIpc) is 2.85. The first-order valence-corrected chi connectivity index (χ1v) is 10.8. The maximum absolute atomic E-state index is 11.7. The minimum absolute atomic E-state index is 0.457. The lowest BCUT2D eigenvalue weighted by Gasteiger charge is -2.05. The molecule has 0 radical (unpaired) electrons. The van der Waals surface area contributed by atoms with E-state index < -0.39 is 10.0 Å². The van der Waals surface area contributed by atoms with Crippen molar-refractivity contribution in [3.8, 4) is 11.1 Å². The Morgan fingerprint density at radius 3 is 2.41 bits per heavy atom. The van der Waals surface area contributed by atoms with Gasteiger partial charge in [0.1, 0.15) is 12.5 Å².